The average molecular weight is 349 g/mol. The van der Waals surface area contributed by atoms with Crippen molar-refractivity contribution >= 4 is 39.3 Å². The lowest BCUT2D eigenvalue weighted by Gasteiger charge is -2.25. The number of carbonyl (C=O) groups excluding carboxylic acids is 1. The van der Waals surface area contributed by atoms with Crippen molar-refractivity contribution in [3.05, 3.63) is 34.9 Å². The van der Waals surface area contributed by atoms with E-state index in [1.807, 2.05) is 0 Å². The highest BCUT2D eigenvalue weighted by molar-refractivity contribution is 7.99. The van der Waals surface area contributed by atoms with Crippen LogP contribution in [0.5, 0.6) is 0 Å². The van der Waals surface area contributed by atoms with E-state index in [4.69, 9.17) is 11.6 Å². The molecule has 1 aromatic rings. The van der Waals surface area contributed by atoms with E-state index in [2.05, 4.69) is 5.32 Å². The van der Waals surface area contributed by atoms with E-state index in [1.54, 1.807) is 36.0 Å². The van der Waals surface area contributed by atoms with E-state index in [1.165, 1.54) is 4.31 Å². The number of thioether (sulfide) groups is 1. The lowest BCUT2D eigenvalue weighted by Crippen LogP contribution is -2.41. The molecule has 1 amide bonds. The minimum atomic E-state index is -3.28. The van der Waals surface area contributed by atoms with Gasteiger partial charge < -0.3 is 5.32 Å². The SMILES string of the molecule is O=C(NCCS(=O)(=O)N1CCSCC1)c1ccc(Cl)cc1. The van der Waals surface area contributed by atoms with Crippen LogP contribution in [0.3, 0.4) is 0 Å². The molecular weight excluding hydrogens is 332 g/mol. The van der Waals surface area contributed by atoms with Crippen molar-refractivity contribution < 1.29 is 13.2 Å². The highest BCUT2D eigenvalue weighted by Gasteiger charge is 2.23. The standard InChI is InChI=1S/C13H17ClN2O3S2/c14-12-3-1-11(2-4-12)13(17)15-5-10-21(18,19)16-6-8-20-9-7-16/h1-4H,5-10H2,(H,15,17). The van der Waals surface area contributed by atoms with Gasteiger partial charge in [0.15, 0.2) is 0 Å². The first-order chi connectivity index (χ1) is 9.99. The van der Waals surface area contributed by atoms with E-state index in [9.17, 15) is 13.2 Å². The summed E-state index contributed by atoms with van der Waals surface area (Å²) in [4.78, 5) is 11.9. The zero-order valence-electron chi connectivity index (χ0n) is 11.4. The molecule has 5 nitrogen and oxygen atoms in total. The third-order valence-electron chi connectivity index (χ3n) is 3.12. The van der Waals surface area contributed by atoms with Crippen LogP contribution in [0.4, 0.5) is 0 Å². The highest BCUT2D eigenvalue weighted by Crippen LogP contribution is 2.13. The molecule has 1 saturated heterocycles. The Balaban J connectivity index is 1.83. The first-order valence-electron chi connectivity index (χ1n) is 6.58. The van der Waals surface area contributed by atoms with E-state index < -0.39 is 10.0 Å². The molecule has 21 heavy (non-hydrogen) atoms. The van der Waals surface area contributed by atoms with Gasteiger partial charge in [-0.05, 0) is 24.3 Å². The summed E-state index contributed by atoms with van der Waals surface area (Å²) in [6, 6.07) is 6.46. The number of carbonyl (C=O) groups is 1. The summed E-state index contributed by atoms with van der Waals surface area (Å²) in [7, 11) is -3.28. The lowest BCUT2D eigenvalue weighted by atomic mass is 10.2. The van der Waals surface area contributed by atoms with Crippen LogP contribution in [0.2, 0.25) is 5.02 Å². The molecule has 0 radical (unpaired) electrons. The van der Waals surface area contributed by atoms with Crippen molar-refractivity contribution in [3.63, 3.8) is 0 Å². The van der Waals surface area contributed by atoms with Gasteiger partial charge in [0.25, 0.3) is 5.91 Å². The molecule has 1 aromatic carbocycles. The number of hydrogen-bond acceptors (Lipinski definition) is 4. The molecule has 1 aliphatic heterocycles. The van der Waals surface area contributed by atoms with Crippen molar-refractivity contribution in [1.29, 1.82) is 0 Å². The zero-order chi connectivity index (χ0) is 15.3. The summed E-state index contributed by atoms with van der Waals surface area (Å²) < 4.78 is 25.7. The fourth-order valence-corrected chi connectivity index (χ4v) is 4.57. The number of halogens is 1. The summed E-state index contributed by atoms with van der Waals surface area (Å²) >= 11 is 7.50. The first-order valence-corrected chi connectivity index (χ1v) is 9.72. The van der Waals surface area contributed by atoms with Crippen LogP contribution >= 0.6 is 23.4 Å². The van der Waals surface area contributed by atoms with Crippen LogP contribution < -0.4 is 5.32 Å². The minimum absolute atomic E-state index is 0.0724. The quantitative estimate of drug-likeness (QED) is 0.874. The molecule has 0 bridgehead atoms. The Morgan fingerprint density at radius 2 is 1.86 bits per heavy atom. The molecular formula is C13H17ClN2O3S2. The summed E-state index contributed by atoms with van der Waals surface area (Å²) in [6.45, 7) is 1.21. The van der Waals surface area contributed by atoms with Crippen LogP contribution in [-0.2, 0) is 10.0 Å². The van der Waals surface area contributed by atoms with Gasteiger partial charge in [-0.3, -0.25) is 4.79 Å². The minimum Gasteiger partial charge on any atom is -0.351 e. The molecule has 8 heteroatoms. The molecule has 2 rings (SSSR count). The third-order valence-corrected chi connectivity index (χ3v) is 6.18. The second kappa shape index (κ2) is 7.49. The van der Waals surface area contributed by atoms with Gasteiger partial charge in [-0.25, -0.2) is 12.7 Å². The molecule has 0 atom stereocenters. The topological polar surface area (TPSA) is 66.5 Å². The predicted molar refractivity (Wildman–Crippen MR) is 86.5 cm³/mol. The van der Waals surface area contributed by atoms with Crippen molar-refractivity contribution in [2.24, 2.45) is 0 Å². The summed E-state index contributed by atoms with van der Waals surface area (Å²) in [6.07, 6.45) is 0. The van der Waals surface area contributed by atoms with Gasteiger partial charge in [0.05, 0.1) is 5.75 Å². The van der Waals surface area contributed by atoms with Gasteiger partial charge in [-0.15, -0.1) is 0 Å². The third kappa shape index (κ3) is 4.88. The highest BCUT2D eigenvalue weighted by atomic mass is 35.5. The molecule has 1 N–H and O–H groups in total. The van der Waals surface area contributed by atoms with E-state index in [-0.39, 0.29) is 18.2 Å². The van der Waals surface area contributed by atoms with Gasteiger partial charge >= 0.3 is 0 Å². The molecule has 1 fully saturated rings. The molecule has 116 valence electrons. The van der Waals surface area contributed by atoms with Crippen LogP contribution in [-0.4, -0.2) is 55.5 Å². The van der Waals surface area contributed by atoms with Gasteiger partial charge in [-0.1, -0.05) is 11.6 Å². The lowest BCUT2D eigenvalue weighted by molar-refractivity contribution is 0.0956. The maximum atomic E-state index is 12.1. The average Bonchev–Trinajstić information content (AvgIpc) is 2.48. The Morgan fingerprint density at radius 1 is 1.24 bits per heavy atom. The van der Waals surface area contributed by atoms with E-state index in [0.717, 1.165) is 11.5 Å². The Morgan fingerprint density at radius 3 is 2.48 bits per heavy atom. The van der Waals surface area contributed by atoms with Crippen LogP contribution in [0.1, 0.15) is 10.4 Å². The van der Waals surface area contributed by atoms with Crippen molar-refractivity contribution in [2.75, 3.05) is 36.9 Å². The van der Waals surface area contributed by atoms with Crippen LogP contribution in [0, 0.1) is 0 Å². The number of nitrogens with zero attached hydrogens (tertiary/aromatic N) is 1. The number of amides is 1. The normalized spacial score (nSPS) is 16.6. The number of nitrogens with one attached hydrogen (secondary N) is 1. The molecule has 0 aromatic heterocycles. The maximum Gasteiger partial charge on any atom is 0.251 e. The van der Waals surface area contributed by atoms with Gasteiger partial charge in [0.1, 0.15) is 0 Å². The summed E-state index contributed by atoms with van der Waals surface area (Å²) in [5, 5.41) is 3.17. The summed E-state index contributed by atoms with van der Waals surface area (Å²) in [5.41, 5.74) is 0.464. The number of benzene rings is 1. The largest absolute Gasteiger partial charge is 0.351 e. The smallest absolute Gasteiger partial charge is 0.251 e. The van der Waals surface area contributed by atoms with E-state index >= 15 is 0 Å². The van der Waals surface area contributed by atoms with Gasteiger partial charge in [0.2, 0.25) is 10.0 Å². The Bertz CT molecular complexity index is 584. The van der Waals surface area contributed by atoms with Crippen molar-refractivity contribution in [3.8, 4) is 0 Å². The van der Waals surface area contributed by atoms with Crippen LogP contribution in [0.25, 0.3) is 0 Å². The van der Waals surface area contributed by atoms with Gasteiger partial charge in [0, 0.05) is 41.7 Å². The second-order valence-corrected chi connectivity index (χ2v) is 8.34. The Kier molecular flexibility index (Phi) is 5.92. The first kappa shape index (κ1) is 16.6. The zero-order valence-corrected chi connectivity index (χ0v) is 13.8. The fraction of sp³-hybridized carbons (Fsp3) is 0.462. The second-order valence-electron chi connectivity index (χ2n) is 4.59. The predicted octanol–water partition coefficient (Wildman–Crippen LogP) is 1.45. The Hall–Kier alpha value is -0.760. The number of rotatable bonds is 5. The monoisotopic (exact) mass is 348 g/mol. The van der Waals surface area contributed by atoms with Gasteiger partial charge in [-0.2, -0.15) is 11.8 Å². The maximum absolute atomic E-state index is 12.1. The molecule has 1 aliphatic rings. The molecule has 0 spiro atoms. The molecule has 0 saturated carbocycles. The van der Waals surface area contributed by atoms with Crippen molar-refractivity contribution in [2.45, 2.75) is 0 Å². The number of hydrogen-bond donors (Lipinski definition) is 1. The summed E-state index contributed by atoms with van der Waals surface area (Å²) in [5.74, 6) is 1.29. The number of sulfonamides is 1. The molecule has 1 heterocycles. The van der Waals surface area contributed by atoms with E-state index in [0.29, 0.717) is 23.7 Å². The van der Waals surface area contributed by atoms with Crippen LogP contribution in [0.15, 0.2) is 24.3 Å². The van der Waals surface area contributed by atoms with Crippen molar-refractivity contribution in [1.82, 2.24) is 9.62 Å². The molecule has 0 unspecified atom stereocenters. The Labute approximate surface area is 134 Å². The fourth-order valence-electron chi connectivity index (χ4n) is 1.95. The molecule has 0 aliphatic carbocycles.